The molecule has 1 saturated heterocycles. The maximum absolute atomic E-state index is 3.50. The molecule has 1 fully saturated rings. The molecule has 1 unspecified atom stereocenters. The number of piperazine rings is 1. The fourth-order valence-corrected chi connectivity index (χ4v) is 2.85. The minimum Gasteiger partial charge on any atom is -0.314 e. The number of hydrogen-bond donors (Lipinski definition) is 1. The van der Waals surface area contributed by atoms with Gasteiger partial charge in [0.15, 0.2) is 0 Å². The number of rotatable bonds is 7. The first kappa shape index (κ1) is 13.3. The Kier molecular flexibility index (Phi) is 7.49. The molecule has 1 aliphatic heterocycles. The number of hydrogen-bond acceptors (Lipinski definition) is 3. The van der Waals surface area contributed by atoms with Crippen molar-refractivity contribution in [2.45, 2.75) is 39.2 Å². The molecular formula is C12H26N2S. The third-order valence-electron chi connectivity index (χ3n) is 3.03. The Morgan fingerprint density at radius 1 is 1.40 bits per heavy atom. The van der Waals surface area contributed by atoms with E-state index in [9.17, 15) is 0 Å². The molecule has 1 atom stereocenters. The average molecular weight is 230 g/mol. The van der Waals surface area contributed by atoms with E-state index in [4.69, 9.17) is 0 Å². The van der Waals surface area contributed by atoms with Crippen molar-refractivity contribution in [2.24, 2.45) is 0 Å². The van der Waals surface area contributed by atoms with Crippen LogP contribution in [0.1, 0.15) is 33.1 Å². The number of nitrogens with one attached hydrogen (secondary N) is 1. The number of thioether (sulfide) groups is 1. The molecule has 1 heterocycles. The van der Waals surface area contributed by atoms with E-state index in [1.165, 1.54) is 56.9 Å². The monoisotopic (exact) mass is 230 g/mol. The predicted molar refractivity (Wildman–Crippen MR) is 70.8 cm³/mol. The highest BCUT2D eigenvalue weighted by Gasteiger charge is 2.20. The second-order valence-electron chi connectivity index (χ2n) is 4.23. The quantitative estimate of drug-likeness (QED) is 0.675. The molecule has 1 rings (SSSR count). The molecule has 0 saturated carbocycles. The highest BCUT2D eigenvalue weighted by Crippen LogP contribution is 2.11. The Morgan fingerprint density at radius 3 is 3.00 bits per heavy atom. The van der Waals surface area contributed by atoms with Crippen molar-refractivity contribution < 1.29 is 0 Å². The van der Waals surface area contributed by atoms with Crippen LogP contribution < -0.4 is 5.32 Å². The van der Waals surface area contributed by atoms with Gasteiger partial charge in [0.1, 0.15) is 0 Å². The minimum absolute atomic E-state index is 0.801. The van der Waals surface area contributed by atoms with Crippen molar-refractivity contribution in [3.8, 4) is 0 Å². The van der Waals surface area contributed by atoms with Crippen molar-refractivity contribution in [3.63, 3.8) is 0 Å². The van der Waals surface area contributed by atoms with E-state index in [1.54, 1.807) is 0 Å². The Bertz CT molecular complexity index is 151. The van der Waals surface area contributed by atoms with Crippen LogP contribution in [0.25, 0.3) is 0 Å². The zero-order chi connectivity index (χ0) is 10.9. The smallest absolute Gasteiger partial charge is 0.0221 e. The van der Waals surface area contributed by atoms with Gasteiger partial charge in [0, 0.05) is 25.7 Å². The first-order valence-corrected chi connectivity index (χ1v) is 7.56. The van der Waals surface area contributed by atoms with E-state index in [1.807, 2.05) is 0 Å². The normalized spacial score (nSPS) is 23.2. The van der Waals surface area contributed by atoms with Crippen molar-refractivity contribution in [2.75, 3.05) is 37.7 Å². The molecule has 0 bridgehead atoms. The Balaban J connectivity index is 2.17. The standard InChI is InChI=1S/C12H26N2S/c1-3-6-12-11-13-7-9-14(12)8-5-10-15-4-2/h12-13H,3-11H2,1-2H3. The molecule has 90 valence electrons. The summed E-state index contributed by atoms with van der Waals surface area (Å²) < 4.78 is 0. The van der Waals surface area contributed by atoms with Gasteiger partial charge in [-0.3, -0.25) is 4.90 Å². The topological polar surface area (TPSA) is 15.3 Å². The highest BCUT2D eigenvalue weighted by atomic mass is 32.2. The largest absolute Gasteiger partial charge is 0.314 e. The number of nitrogens with zero attached hydrogens (tertiary/aromatic N) is 1. The summed E-state index contributed by atoms with van der Waals surface area (Å²) in [5.41, 5.74) is 0. The van der Waals surface area contributed by atoms with Crippen LogP contribution in [0.2, 0.25) is 0 Å². The molecule has 0 spiro atoms. The van der Waals surface area contributed by atoms with E-state index >= 15 is 0 Å². The lowest BCUT2D eigenvalue weighted by Crippen LogP contribution is -2.51. The predicted octanol–water partition coefficient (Wildman–Crippen LogP) is 2.20. The van der Waals surface area contributed by atoms with Gasteiger partial charge in [-0.2, -0.15) is 11.8 Å². The summed E-state index contributed by atoms with van der Waals surface area (Å²) in [6.07, 6.45) is 4.03. The maximum atomic E-state index is 3.50. The molecule has 0 aliphatic carbocycles. The van der Waals surface area contributed by atoms with Crippen LogP contribution >= 0.6 is 11.8 Å². The van der Waals surface area contributed by atoms with E-state index in [-0.39, 0.29) is 0 Å². The summed E-state index contributed by atoms with van der Waals surface area (Å²) in [6, 6.07) is 0.801. The molecule has 0 radical (unpaired) electrons. The molecule has 0 aromatic rings. The lowest BCUT2D eigenvalue weighted by molar-refractivity contribution is 0.153. The second kappa shape index (κ2) is 8.43. The summed E-state index contributed by atoms with van der Waals surface area (Å²) >= 11 is 2.07. The average Bonchev–Trinajstić information content (AvgIpc) is 2.27. The summed E-state index contributed by atoms with van der Waals surface area (Å²) in [5.74, 6) is 2.60. The maximum Gasteiger partial charge on any atom is 0.0221 e. The summed E-state index contributed by atoms with van der Waals surface area (Å²) in [5, 5.41) is 3.50. The molecule has 3 heteroatoms. The van der Waals surface area contributed by atoms with Crippen LogP contribution in [0, 0.1) is 0 Å². The van der Waals surface area contributed by atoms with Crippen molar-refractivity contribution in [1.29, 1.82) is 0 Å². The van der Waals surface area contributed by atoms with Crippen molar-refractivity contribution in [3.05, 3.63) is 0 Å². The Labute approximate surface area is 99.2 Å². The van der Waals surface area contributed by atoms with Crippen molar-refractivity contribution >= 4 is 11.8 Å². The van der Waals surface area contributed by atoms with E-state index in [2.05, 4.69) is 35.8 Å². The Morgan fingerprint density at radius 2 is 2.27 bits per heavy atom. The van der Waals surface area contributed by atoms with E-state index in [0.29, 0.717) is 0 Å². The molecule has 0 aromatic heterocycles. The lowest BCUT2D eigenvalue weighted by Gasteiger charge is -2.36. The lowest BCUT2D eigenvalue weighted by atomic mass is 10.1. The third-order valence-corrected chi connectivity index (χ3v) is 4.02. The van der Waals surface area contributed by atoms with Gasteiger partial charge in [-0.05, 0) is 30.9 Å². The van der Waals surface area contributed by atoms with Crippen LogP contribution in [-0.4, -0.2) is 48.6 Å². The van der Waals surface area contributed by atoms with E-state index in [0.717, 1.165) is 6.04 Å². The fraction of sp³-hybridized carbons (Fsp3) is 1.00. The van der Waals surface area contributed by atoms with Gasteiger partial charge < -0.3 is 5.32 Å². The van der Waals surface area contributed by atoms with Gasteiger partial charge in [-0.1, -0.05) is 20.3 Å². The fourth-order valence-electron chi connectivity index (χ4n) is 2.23. The summed E-state index contributed by atoms with van der Waals surface area (Å²) in [4.78, 5) is 2.69. The van der Waals surface area contributed by atoms with Crippen LogP contribution in [0.3, 0.4) is 0 Å². The van der Waals surface area contributed by atoms with Crippen LogP contribution in [0.4, 0.5) is 0 Å². The molecule has 2 nitrogen and oxygen atoms in total. The van der Waals surface area contributed by atoms with Crippen LogP contribution in [-0.2, 0) is 0 Å². The molecule has 0 amide bonds. The molecular weight excluding hydrogens is 204 g/mol. The third kappa shape index (κ3) is 5.23. The van der Waals surface area contributed by atoms with Gasteiger partial charge >= 0.3 is 0 Å². The van der Waals surface area contributed by atoms with Gasteiger partial charge in [-0.25, -0.2) is 0 Å². The molecule has 0 aromatic carbocycles. The second-order valence-corrected chi connectivity index (χ2v) is 5.63. The van der Waals surface area contributed by atoms with Crippen molar-refractivity contribution in [1.82, 2.24) is 10.2 Å². The first-order chi connectivity index (χ1) is 7.38. The Hall–Kier alpha value is 0.270. The summed E-state index contributed by atoms with van der Waals surface area (Å²) in [7, 11) is 0. The van der Waals surface area contributed by atoms with Crippen LogP contribution in [0.5, 0.6) is 0 Å². The molecule has 1 aliphatic rings. The molecule has 15 heavy (non-hydrogen) atoms. The van der Waals surface area contributed by atoms with Gasteiger partial charge in [-0.15, -0.1) is 0 Å². The SMILES string of the molecule is CCCC1CNCCN1CCCSCC. The first-order valence-electron chi connectivity index (χ1n) is 6.41. The van der Waals surface area contributed by atoms with Crippen LogP contribution in [0.15, 0.2) is 0 Å². The zero-order valence-corrected chi connectivity index (χ0v) is 11.1. The van der Waals surface area contributed by atoms with E-state index < -0.39 is 0 Å². The van der Waals surface area contributed by atoms with Gasteiger partial charge in [0.25, 0.3) is 0 Å². The zero-order valence-electron chi connectivity index (χ0n) is 10.3. The highest BCUT2D eigenvalue weighted by molar-refractivity contribution is 7.99. The molecule has 1 N–H and O–H groups in total. The van der Waals surface area contributed by atoms with Gasteiger partial charge in [0.2, 0.25) is 0 Å². The summed E-state index contributed by atoms with van der Waals surface area (Å²) in [6.45, 7) is 9.48. The minimum atomic E-state index is 0.801. The van der Waals surface area contributed by atoms with Gasteiger partial charge in [0.05, 0.1) is 0 Å².